The fourth-order valence-corrected chi connectivity index (χ4v) is 1.73. The molecule has 0 spiro atoms. The highest BCUT2D eigenvalue weighted by Crippen LogP contribution is 2.32. The average molecular weight is 247 g/mol. The molecule has 0 aromatic heterocycles. The van der Waals surface area contributed by atoms with E-state index in [1.807, 2.05) is 38.1 Å². The third-order valence-corrected chi connectivity index (χ3v) is 2.87. The molecule has 0 radical (unpaired) electrons. The van der Waals surface area contributed by atoms with E-state index in [-0.39, 0.29) is 6.10 Å². The van der Waals surface area contributed by atoms with Crippen molar-refractivity contribution in [2.75, 3.05) is 5.32 Å². The van der Waals surface area contributed by atoms with Crippen molar-refractivity contribution in [3.05, 3.63) is 24.3 Å². The molecule has 0 aliphatic heterocycles. The van der Waals surface area contributed by atoms with Crippen LogP contribution >= 0.6 is 0 Å². The summed E-state index contributed by atoms with van der Waals surface area (Å²) < 4.78 is 5.57. The molecule has 18 heavy (non-hydrogen) atoms. The molecule has 2 atom stereocenters. The smallest absolute Gasteiger partial charge is 0.193 e. The van der Waals surface area contributed by atoms with Crippen molar-refractivity contribution >= 4 is 11.6 Å². The molecule has 1 fully saturated rings. The Morgan fingerprint density at radius 3 is 2.50 bits per heavy atom. The maximum atomic E-state index is 5.84. The first kappa shape index (κ1) is 12.7. The summed E-state index contributed by atoms with van der Waals surface area (Å²) in [6.07, 6.45) is 1.33. The lowest BCUT2D eigenvalue weighted by molar-refractivity contribution is 0.242. The molecule has 1 saturated carbocycles. The van der Waals surface area contributed by atoms with Gasteiger partial charge in [0, 0.05) is 5.69 Å². The van der Waals surface area contributed by atoms with Gasteiger partial charge in [0.15, 0.2) is 5.96 Å². The first-order valence-corrected chi connectivity index (χ1v) is 6.41. The molecule has 1 aliphatic rings. The highest BCUT2D eigenvalue weighted by molar-refractivity contribution is 5.92. The molecule has 2 rings (SSSR count). The van der Waals surface area contributed by atoms with Crippen LogP contribution in [-0.2, 0) is 0 Å². The van der Waals surface area contributed by atoms with Crippen LogP contribution < -0.4 is 15.8 Å². The second-order valence-electron chi connectivity index (χ2n) is 5.11. The maximum Gasteiger partial charge on any atom is 0.193 e. The van der Waals surface area contributed by atoms with E-state index < -0.39 is 0 Å². The Morgan fingerprint density at radius 1 is 1.39 bits per heavy atom. The van der Waals surface area contributed by atoms with E-state index in [1.54, 1.807) is 0 Å². The van der Waals surface area contributed by atoms with Gasteiger partial charge in [-0.1, -0.05) is 6.92 Å². The molecule has 1 aromatic carbocycles. The van der Waals surface area contributed by atoms with Crippen LogP contribution in [0.4, 0.5) is 5.69 Å². The molecule has 4 heteroatoms. The lowest BCUT2D eigenvalue weighted by Crippen LogP contribution is -2.23. The quantitative estimate of drug-likeness (QED) is 0.635. The first-order chi connectivity index (χ1) is 8.54. The van der Waals surface area contributed by atoms with Crippen LogP contribution in [-0.4, -0.2) is 18.1 Å². The van der Waals surface area contributed by atoms with Crippen LogP contribution in [0.2, 0.25) is 0 Å². The summed E-state index contributed by atoms with van der Waals surface area (Å²) in [6, 6.07) is 8.14. The van der Waals surface area contributed by atoms with Gasteiger partial charge in [-0.2, -0.15) is 0 Å². The fourth-order valence-electron chi connectivity index (χ4n) is 1.73. The van der Waals surface area contributed by atoms with Crippen molar-refractivity contribution in [2.24, 2.45) is 16.6 Å². The third kappa shape index (κ3) is 3.65. The monoisotopic (exact) mass is 247 g/mol. The largest absolute Gasteiger partial charge is 0.491 e. The Kier molecular flexibility index (Phi) is 3.75. The van der Waals surface area contributed by atoms with Crippen LogP contribution in [0, 0.1) is 5.92 Å². The first-order valence-electron chi connectivity index (χ1n) is 6.41. The van der Waals surface area contributed by atoms with E-state index in [0.717, 1.165) is 17.9 Å². The second-order valence-corrected chi connectivity index (χ2v) is 5.11. The molecule has 0 amide bonds. The predicted octanol–water partition coefficient (Wildman–Crippen LogP) is 2.61. The van der Waals surface area contributed by atoms with Gasteiger partial charge in [-0.3, -0.25) is 0 Å². The molecule has 1 aliphatic carbocycles. The number of ether oxygens (including phenoxy) is 1. The minimum Gasteiger partial charge on any atom is -0.491 e. The lowest BCUT2D eigenvalue weighted by Gasteiger charge is -2.10. The number of nitrogens with two attached hydrogens (primary N) is 1. The van der Waals surface area contributed by atoms with Crippen LogP contribution in [0.3, 0.4) is 0 Å². The summed E-state index contributed by atoms with van der Waals surface area (Å²) in [6.45, 7) is 6.20. The summed E-state index contributed by atoms with van der Waals surface area (Å²) in [5.41, 5.74) is 6.77. The standard InChI is InChI=1S/C14H21N3O/c1-9(2)18-12-6-4-11(5-7-12)16-14(15)17-13-8-10(13)3/h4-7,9-10,13H,8H2,1-3H3,(H3,15,16,17)/t10-,13+/m1/s1. The molecule has 0 unspecified atom stereocenters. The zero-order valence-corrected chi connectivity index (χ0v) is 11.2. The normalized spacial score (nSPS) is 23.0. The molecular weight excluding hydrogens is 226 g/mol. The Bertz CT molecular complexity index is 425. The highest BCUT2D eigenvalue weighted by atomic mass is 16.5. The number of benzene rings is 1. The minimum absolute atomic E-state index is 0.187. The number of aliphatic imine (C=N–C) groups is 1. The van der Waals surface area contributed by atoms with Gasteiger partial charge in [0.25, 0.3) is 0 Å². The number of rotatable bonds is 4. The summed E-state index contributed by atoms with van der Waals surface area (Å²) >= 11 is 0. The third-order valence-electron chi connectivity index (χ3n) is 2.87. The van der Waals surface area contributed by atoms with Crippen molar-refractivity contribution in [1.29, 1.82) is 0 Å². The molecular formula is C14H21N3O. The number of nitrogens with one attached hydrogen (secondary N) is 1. The van der Waals surface area contributed by atoms with Crippen molar-refractivity contribution in [3.8, 4) is 5.75 Å². The van der Waals surface area contributed by atoms with Gasteiger partial charge in [-0.05, 0) is 50.5 Å². The molecule has 98 valence electrons. The number of hydrogen-bond acceptors (Lipinski definition) is 2. The van der Waals surface area contributed by atoms with E-state index in [9.17, 15) is 0 Å². The fraction of sp³-hybridized carbons (Fsp3) is 0.500. The number of anilines is 1. The van der Waals surface area contributed by atoms with Gasteiger partial charge in [0.05, 0.1) is 12.1 Å². The molecule has 3 N–H and O–H groups in total. The Balaban J connectivity index is 1.91. The molecule has 0 bridgehead atoms. The average Bonchev–Trinajstić information content (AvgIpc) is 2.96. The van der Waals surface area contributed by atoms with E-state index in [4.69, 9.17) is 10.5 Å². The van der Waals surface area contributed by atoms with Gasteiger partial charge in [0.2, 0.25) is 0 Å². The summed E-state index contributed by atoms with van der Waals surface area (Å²) in [5, 5.41) is 3.09. The number of guanidine groups is 1. The molecule has 0 heterocycles. The van der Waals surface area contributed by atoms with E-state index in [0.29, 0.717) is 17.9 Å². The summed E-state index contributed by atoms with van der Waals surface area (Å²) in [5.74, 6) is 2.02. The van der Waals surface area contributed by atoms with Crippen molar-refractivity contribution < 1.29 is 4.74 Å². The number of nitrogens with zero attached hydrogens (tertiary/aromatic N) is 1. The van der Waals surface area contributed by atoms with Crippen molar-refractivity contribution in [1.82, 2.24) is 0 Å². The van der Waals surface area contributed by atoms with Crippen molar-refractivity contribution in [3.63, 3.8) is 0 Å². The summed E-state index contributed by atoms with van der Waals surface area (Å²) in [7, 11) is 0. The maximum absolute atomic E-state index is 5.84. The van der Waals surface area contributed by atoms with Gasteiger partial charge < -0.3 is 15.8 Å². The number of hydrogen-bond donors (Lipinski definition) is 2. The van der Waals surface area contributed by atoms with Crippen molar-refractivity contribution in [2.45, 2.75) is 39.3 Å². The van der Waals surface area contributed by atoms with E-state index >= 15 is 0 Å². The Labute approximate surface area is 108 Å². The molecule has 0 saturated heterocycles. The van der Waals surface area contributed by atoms with Gasteiger partial charge in [0.1, 0.15) is 5.75 Å². The zero-order chi connectivity index (χ0) is 13.1. The molecule has 4 nitrogen and oxygen atoms in total. The highest BCUT2D eigenvalue weighted by Gasteiger charge is 2.32. The topological polar surface area (TPSA) is 59.6 Å². The lowest BCUT2D eigenvalue weighted by atomic mass is 10.3. The Morgan fingerprint density at radius 2 is 2.00 bits per heavy atom. The zero-order valence-electron chi connectivity index (χ0n) is 11.2. The minimum atomic E-state index is 0.187. The SMILES string of the molecule is CC(C)Oc1ccc(NC(N)=N[C@H]2C[C@H]2C)cc1. The van der Waals surface area contributed by atoms with Gasteiger partial charge in [-0.15, -0.1) is 0 Å². The van der Waals surface area contributed by atoms with Crippen LogP contribution in [0.25, 0.3) is 0 Å². The summed E-state index contributed by atoms with van der Waals surface area (Å²) in [4.78, 5) is 4.39. The van der Waals surface area contributed by atoms with Crippen LogP contribution in [0.5, 0.6) is 5.75 Å². The van der Waals surface area contributed by atoms with Crippen LogP contribution in [0.1, 0.15) is 27.2 Å². The predicted molar refractivity (Wildman–Crippen MR) is 75.0 cm³/mol. The second kappa shape index (κ2) is 5.29. The molecule has 1 aromatic rings. The van der Waals surface area contributed by atoms with Gasteiger partial charge in [-0.25, -0.2) is 4.99 Å². The van der Waals surface area contributed by atoms with E-state index in [2.05, 4.69) is 17.2 Å². The Hall–Kier alpha value is -1.71. The van der Waals surface area contributed by atoms with E-state index in [1.165, 1.54) is 0 Å². The van der Waals surface area contributed by atoms with Crippen LogP contribution in [0.15, 0.2) is 29.3 Å². The van der Waals surface area contributed by atoms with Gasteiger partial charge >= 0.3 is 0 Å².